The van der Waals surface area contributed by atoms with Crippen molar-refractivity contribution in [3.8, 4) is 5.75 Å². The number of benzene rings is 2. The second-order valence-corrected chi connectivity index (χ2v) is 10.3. The quantitative estimate of drug-likeness (QED) is 0.213. The van der Waals surface area contributed by atoms with Gasteiger partial charge in [0.1, 0.15) is 11.6 Å². The van der Waals surface area contributed by atoms with Gasteiger partial charge in [-0.1, -0.05) is 24.8 Å². The van der Waals surface area contributed by atoms with Crippen molar-refractivity contribution >= 4 is 29.7 Å². The van der Waals surface area contributed by atoms with Crippen LogP contribution in [-0.4, -0.2) is 79.1 Å². The molecule has 3 amide bonds. The van der Waals surface area contributed by atoms with Crippen LogP contribution in [0.5, 0.6) is 5.75 Å². The standard InChI is InChI=1S/C30H36N6O4/c1-20(29(38)36-17-22(18-37)25-5-3-4-6-27(25)36)15-28(32-19-31)34-12-10-23(11-13-34)35-14-9-21-16-24(40-2)7-8-26(21)33-30(35)39/h3-8,15-16,19,22-23,37H,1,9-14,17-18H2,2H3,(H2,31,32)(H,33,39)/b28-15+. The first-order chi connectivity index (χ1) is 19.4. The van der Waals surface area contributed by atoms with E-state index >= 15 is 0 Å². The van der Waals surface area contributed by atoms with Crippen LogP contribution in [0.15, 0.2) is 71.5 Å². The predicted octanol–water partition coefficient (Wildman–Crippen LogP) is 3.06. The smallest absolute Gasteiger partial charge is 0.322 e. The number of ether oxygens (including phenoxy) is 1. The molecular weight excluding hydrogens is 508 g/mol. The number of aliphatic hydroxyl groups excluding tert-OH is 1. The Balaban J connectivity index is 1.24. The monoisotopic (exact) mass is 544 g/mol. The number of nitrogens with two attached hydrogens (primary N) is 1. The number of likely N-dealkylation sites (tertiary alicyclic amines) is 1. The molecule has 2 aromatic carbocycles. The molecule has 5 rings (SSSR count). The molecule has 10 nitrogen and oxygen atoms in total. The zero-order valence-corrected chi connectivity index (χ0v) is 22.8. The van der Waals surface area contributed by atoms with E-state index in [1.807, 2.05) is 47.4 Å². The fourth-order valence-electron chi connectivity index (χ4n) is 5.83. The maximum absolute atomic E-state index is 13.4. The number of aliphatic imine (C=N–C) groups is 1. The van der Waals surface area contributed by atoms with E-state index in [9.17, 15) is 14.7 Å². The summed E-state index contributed by atoms with van der Waals surface area (Å²) in [4.78, 5) is 36.5. The van der Waals surface area contributed by atoms with Gasteiger partial charge in [-0.2, -0.15) is 0 Å². The maximum atomic E-state index is 13.4. The van der Waals surface area contributed by atoms with Crippen LogP contribution in [0.1, 0.15) is 29.9 Å². The van der Waals surface area contributed by atoms with Gasteiger partial charge in [-0.05, 0) is 60.7 Å². The Bertz CT molecular complexity index is 1350. The van der Waals surface area contributed by atoms with E-state index in [0.29, 0.717) is 32.0 Å². The summed E-state index contributed by atoms with van der Waals surface area (Å²) in [5.74, 6) is 0.978. The molecule has 0 bridgehead atoms. The molecule has 0 aromatic heterocycles. The number of para-hydroxylation sites is 1. The molecule has 1 unspecified atom stereocenters. The highest BCUT2D eigenvalue weighted by molar-refractivity contribution is 6.08. The molecule has 0 radical (unpaired) electrons. The topological polar surface area (TPSA) is 124 Å². The third kappa shape index (κ3) is 5.40. The van der Waals surface area contributed by atoms with Crippen molar-refractivity contribution in [2.75, 3.05) is 50.1 Å². The number of methoxy groups -OCH3 is 1. The van der Waals surface area contributed by atoms with Crippen LogP contribution in [0, 0.1) is 0 Å². The number of piperidine rings is 1. The molecule has 3 aliphatic heterocycles. The molecule has 40 heavy (non-hydrogen) atoms. The average molecular weight is 545 g/mol. The fourth-order valence-corrected chi connectivity index (χ4v) is 5.83. The van der Waals surface area contributed by atoms with Crippen molar-refractivity contribution in [1.82, 2.24) is 9.80 Å². The van der Waals surface area contributed by atoms with Crippen LogP contribution in [0.2, 0.25) is 0 Å². The van der Waals surface area contributed by atoms with Crippen molar-refractivity contribution in [1.29, 1.82) is 0 Å². The van der Waals surface area contributed by atoms with E-state index in [1.54, 1.807) is 18.1 Å². The summed E-state index contributed by atoms with van der Waals surface area (Å²) in [6.45, 7) is 6.33. The largest absolute Gasteiger partial charge is 0.497 e. The summed E-state index contributed by atoms with van der Waals surface area (Å²) in [5.41, 5.74) is 9.59. The number of fused-ring (bicyclic) bond motifs is 2. The Kier molecular flexibility index (Phi) is 8.06. The number of aliphatic hydroxyl groups is 1. The van der Waals surface area contributed by atoms with Crippen LogP contribution in [-0.2, 0) is 11.2 Å². The predicted molar refractivity (Wildman–Crippen MR) is 156 cm³/mol. The van der Waals surface area contributed by atoms with E-state index in [4.69, 9.17) is 10.5 Å². The Labute approximate surface area is 234 Å². The number of carbonyl (C=O) groups excluding carboxylic acids is 2. The molecule has 4 N–H and O–H groups in total. The molecular formula is C30H36N6O4. The van der Waals surface area contributed by atoms with Crippen LogP contribution in [0.4, 0.5) is 16.2 Å². The maximum Gasteiger partial charge on any atom is 0.322 e. The molecule has 210 valence electrons. The van der Waals surface area contributed by atoms with Crippen molar-refractivity contribution < 1.29 is 19.4 Å². The average Bonchev–Trinajstić information content (AvgIpc) is 3.27. The summed E-state index contributed by atoms with van der Waals surface area (Å²) >= 11 is 0. The molecule has 1 saturated heterocycles. The van der Waals surface area contributed by atoms with Crippen LogP contribution >= 0.6 is 0 Å². The molecule has 10 heteroatoms. The lowest BCUT2D eigenvalue weighted by Crippen LogP contribution is -2.48. The number of nitrogens with zero attached hydrogens (tertiary/aromatic N) is 4. The van der Waals surface area contributed by atoms with E-state index in [0.717, 1.165) is 47.5 Å². The molecule has 0 saturated carbocycles. The van der Waals surface area contributed by atoms with Gasteiger partial charge in [0.2, 0.25) is 0 Å². The van der Waals surface area contributed by atoms with Crippen LogP contribution in [0.3, 0.4) is 0 Å². The number of nitrogens with one attached hydrogen (secondary N) is 1. The van der Waals surface area contributed by atoms with E-state index in [1.165, 1.54) is 6.34 Å². The van der Waals surface area contributed by atoms with Gasteiger partial charge < -0.3 is 35.6 Å². The first-order valence-electron chi connectivity index (χ1n) is 13.6. The first kappa shape index (κ1) is 27.3. The normalized spacial score (nSPS) is 19.8. The zero-order valence-electron chi connectivity index (χ0n) is 22.8. The number of hydrogen-bond donors (Lipinski definition) is 3. The first-order valence-corrected chi connectivity index (χ1v) is 13.6. The highest BCUT2D eigenvalue weighted by Crippen LogP contribution is 2.36. The van der Waals surface area contributed by atoms with Gasteiger partial charge in [0, 0.05) is 55.1 Å². The molecule has 1 fully saturated rings. The summed E-state index contributed by atoms with van der Waals surface area (Å²) < 4.78 is 5.34. The Morgan fingerprint density at radius 3 is 2.73 bits per heavy atom. The summed E-state index contributed by atoms with van der Waals surface area (Å²) in [6.07, 6.45) is 5.14. The summed E-state index contributed by atoms with van der Waals surface area (Å²) in [7, 11) is 1.64. The minimum absolute atomic E-state index is 0.0317. The van der Waals surface area contributed by atoms with Gasteiger partial charge >= 0.3 is 6.03 Å². The minimum atomic E-state index is -0.236. The van der Waals surface area contributed by atoms with Gasteiger partial charge in [-0.3, -0.25) is 4.79 Å². The highest BCUT2D eigenvalue weighted by atomic mass is 16.5. The van der Waals surface area contributed by atoms with E-state index in [-0.39, 0.29) is 36.1 Å². The number of hydrogen-bond acceptors (Lipinski definition) is 6. The van der Waals surface area contributed by atoms with Gasteiger partial charge in [-0.15, -0.1) is 0 Å². The number of urea groups is 1. The zero-order chi connectivity index (χ0) is 28.2. The van der Waals surface area contributed by atoms with Gasteiger partial charge in [0.15, 0.2) is 0 Å². The second-order valence-electron chi connectivity index (χ2n) is 10.3. The molecule has 3 heterocycles. The third-order valence-corrected chi connectivity index (χ3v) is 7.99. The number of amides is 3. The Morgan fingerprint density at radius 1 is 1.23 bits per heavy atom. The van der Waals surface area contributed by atoms with Gasteiger partial charge in [-0.25, -0.2) is 9.79 Å². The molecule has 3 aliphatic rings. The van der Waals surface area contributed by atoms with Crippen LogP contribution < -0.4 is 20.7 Å². The van der Waals surface area contributed by atoms with Crippen molar-refractivity contribution in [3.05, 3.63) is 77.6 Å². The second kappa shape index (κ2) is 11.8. The summed E-state index contributed by atoms with van der Waals surface area (Å²) in [6, 6.07) is 13.3. The lowest BCUT2D eigenvalue weighted by molar-refractivity contribution is -0.114. The van der Waals surface area contributed by atoms with Crippen molar-refractivity contribution in [2.45, 2.75) is 31.2 Å². The van der Waals surface area contributed by atoms with Gasteiger partial charge in [0.05, 0.1) is 20.1 Å². The SMILES string of the molecule is C=C(/C=C(\N=C/N)N1CCC(N2CCc3cc(OC)ccc3NC2=O)CC1)C(=O)N1CC(CO)c2ccccc21. The highest BCUT2D eigenvalue weighted by Gasteiger charge is 2.33. The third-order valence-electron chi connectivity index (χ3n) is 7.99. The van der Waals surface area contributed by atoms with Gasteiger partial charge in [0.25, 0.3) is 5.91 Å². The van der Waals surface area contributed by atoms with Crippen molar-refractivity contribution in [3.63, 3.8) is 0 Å². The van der Waals surface area contributed by atoms with Crippen LogP contribution in [0.25, 0.3) is 0 Å². The molecule has 0 spiro atoms. The lowest BCUT2D eigenvalue weighted by atomic mass is 10.0. The number of carbonyl (C=O) groups is 2. The van der Waals surface area contributed by atoms with E-state index in [2.05, 4.69) is 21.8 Å². The van der Waals surface area contributed by atoms with Crippen molar-refractivity contribution in [2.24, 2.45) is 10.7 Å². The summed E-state index contributed by atoms with van der Waals surface area (Å²) in [5, 5.41) is 12.9. The number of rotatable bonds is 7. The van der Waals surface area contributed by atoms with E-state index < -0.39 is 0 Å². The molecule has 2 aromatic rings. The number of anilines is 2. The lowest BCUT2D eigenvalue weighted by Gasteiger charge is -2.38. The fraction of sp³-hybridized carbons (Fsp3) is 0.367. The minimum Gasteiger partial charge on any atom is -0.497 e. The Morgan fingerprint density at radius 2 is 2.00 bits per heavy atom. The molecule has 1 atom stereocenters. The molecule has 0 aliphatic carbocycles. The Hall–Kier alpha value is -4.31.